The van der Waals surface area contributed by atoms with E-state index >= 15 is 0 Å². The third-order valence-corrected chi connectivity index (χ3v) is 1.50. The number of allylic oxidation sites excluding steroid dienone is 7. The van der Waals surface area contributed by atoms with Gasteiger partial charge in [-0.2, -0.15) is 0 Å². The van der Waals surface area contributed by atoms with Gasteiger partial charge in [0.05, 0.1) is 6.10 Å². The molecule has 1 unspecified atom stereocenters. The highest BCUT2D eigenvalue weighted by molar-refractivity contribution is 5.65. The van der Waals surface area contributed by atoms with Gasteiger partial charge in [0.25, 0.3) is 0 Å². The average molecular weight is 192 g/mol. The Morgan fingerprint density at radius 2 is 1.50 bits per heavy atom. The van der Waals surface area contributed by atoms with Crippen LogP contribution in [0.25, 0.3) is 0 Å². The zero-order valence-corrected chi connectivity index (χ0v) is 8.34. The van der Waals surface area contributed by atoms with Gasteiger partial charge in [0, 0.05) is 0 Å². The lowest BCUT2D eigenvalue weighted by atomic mass is 10.2. The van der Waals surface area contributed by atoms with Crippen LogP contribution in [0.3, 0.4) is 0 Å². The third kappa shape index (κ3) is 8.68. The van der Waals surface area contributed by atoms with Gasteiger partial charge in [-0.15, -0.1) is 0 Å². The molecule has 0 bridgehead atoms. The predicted octanol–water partition coefficient (Wildman–Crippen LogP) is 2.18. The van der Waals surface area contributed by atoms with Crippen molar-refractivity contribution >= 4 is 6.29 Å². The minimum atomic E-state index is -0.362. The normalized spacial score (nSPS) is 15.0. The minimum absolute atomic E-state index is 0.362. The first kappa shape index (κ1) is 12.6. The monoisotopic (exact) mass is 192 g/mol. The summed E-state index contributed by atoms with van der Waals surface area (Å²) in [5.74, 6) is 0. The molecule has 0 aliphatic heterocycles. The molecule has 2 heteroatoms. The predicted molar refractivity (Wildman–Crippen MR) is 58.9 cm³/mol. The summed E-state index contributed by atoms with van der Waals surface area (Å²) in [6.07, 6.45) is 14.9. The summed E-state index contributed by atoms with van der Waals surface area (Å²) in [7, 11) is 0. The number of carbonyl (C=O) groups excluding carboxylic acids is 1. The van der Waals surface area contributed by atoms with E-state index in [0.29, 0.717) is 0 Å². The summed E-state index contributed by atoms with van der Waals surface area (Å²) in [5, 5.41) is 9.14. The van der Waals surface area contributed by atoms with Crippen molar-refractivity contribution < 1.29 is 9.90 Å². The zero-order valence-electron chi connectivity index (χ0n) is 8.34. The van der Waals surface area contributed by atoms with Crippen molar-refractivity contribution in [3.8, 4) is 0 Å². The molecule has 2 nitrogen and oxygen atoms in total. The van der Waals surface area contributed by atoms with Crippen molar-refractivity contribution in [1.82, 2.24) is 0 Å². The van der Waals surface area contributed by atoms with Gasteiger partial charge < -0.3 is 5.11 Å². The molecule has 76 valence electrons. The molecule has 14 heavy (non-hydrogen) atoms. The molecule has 0 amide bonds. The zero-order chi connectivity index (χ0) is 10.6. The summed E-state index contributed by atoms with van der Waals surface area (Å²) >= 11 is 0. The van der Waals surface area contributed by atoms with Gasteiger partial charge in [-0.05, 0) is 12.5 Å². The Hall–Kier alpha value is -1.41. The molecular weight excluding hydrogens is 176 g/mol. The molecule has 0 fully saturated rings. The van der Waals surface area contributed by atoms with Crippen LogP contribution >= 0.6 is 0 Å². The van der Waals surface area contributed by atoms with Gasteiger partial charge >= 0.3 is 0 Å². The molecule has 0 rings (SSSR count). The fraction of sp³-hybridized carbons (Fsp3) is 0.250. The van der Waals surface area contributed by atoms with Gasteiger partial charge in [-0.3, -0.25) is 4.79 Å². The molecular formula is C12H16O2. The van der Waals surface area contributed by atoms with Crippen LogP contribution in [-0.2, 0) is 4.79 Å². The van der Waals surface area contributed by atoms with Crippen LogP contribution in [-0.4, -0.2) is 17.5 Å². The molecule has 0 radical (unpaired) electrons. The summed E-state index contributed by atoms with van der Waals surface area (Å²) in [4.78, 5) is 9.87. The largest absolute Gasteiger partial charge is 0.389 e. The molecule has 0 aromatic carbocycles. The van der Waals surface area contributed by atoms with E-state index < -0.39 is 0 Å². The number of carbonyl (C=O) groups is 1. The Bertz CT molecular complexity index is 247. The van der Waals surface area contributed by atoms with E-state index in [4.69, 9.17) is 5.11 Å². The Kier molecular flexibility index (Phi) is 8.70. The first-order chi connectivity index (χ1) is 6.81. The molecule has 0 aromatic heterocycles. The highest BCUT2D eigenvalue weighted by Gasteiger charge is 1.88. The van der Waals surface area contributed by atoms with E-state index in [1.807, 2.05) is 25.2 Å². The van der Waals surface area contributed by atoms with Crippen LogP contribution in [0.1, 0.15) is 13.3 Å². The van der Waals surface area contributed by atoms with E-state index in [1.54, 1.807) is 24.3 Å². The Labute approximate surface area is 85.0 Å². The van der Waals surface area contributed by atoms with Crippen molar-refractivity contribution in [3.63, 3.8) is 0 Å². The fourth-order valence-corrected chi connectivity index (χ4v) is 0.695. The Morgan fingerprint density at radius 1 is 1.00 bits per heavy atom. The number of aliphatic hydroxyl groups excluding tert-OH is 1. The van der Waals surface area contributed by atoms with E-state index in [9.17, 15) is 4.79 Å². The topological polar surface area (TPSA) is 37.3 Å². The van der Waals surface area contributed by atoms with Crippen LogP contribution in [0.4, 0.5) is 0 Å². The maximum Gasteiger partial charge on any atom is 0.142 e. The summed E-state index contributed by atoms with van der Waals surface area (Å²) in [6.45, 7) is 1.92. The molecule has 0 saturated carbocycles. The molecule has 1 N–H and O–H groups in total. The Balaban J connectivity index is 3.73. The number of hydrogen-bond acceptors (Lipinski definition) is 2. The van der Waals surface area contributed by atoms with Crippen LogP contribution < -0.4 is 0 Å². The van der Waals surface area contributed by atoms with Crippen molar-refractivity contribution in [2.24, 2.45) is 0 Å². The van der Waals surface area contributed by atoms with E-state index in [0.717, 1.165) is 12.7 Å². The van der Waals surface area contributed by atoms with E-state index in [1.165, 1.54) is 6.08 Å². The SMILES string of the molecule is CCC(O)\C=C/C=C\C=C/C=C\C=O. The van der Waals surface area contributed by atoms with Gasteiger partial charge in [0.15, 0.2) is 0 Å². The molecule has 0 saturated heterocycles. The quantitative estimate of drug-likeness (QED) is 0.398. The highest BCUT2D eigenvalue weighted by atomic mass is 16.3. The smallest absolute Gasteiger partial charge is 0.142 e. The summed E-state index contributed by atoms with van der Waals surface area (Å²) < 4.78 is 0. The van der Waals surface area contributed by atoms with Crippen LogP contribution in [0.2, 0.25) is 0 Å². The van der Waals surface area contributed by atoms with Crippen molar-refractivity contribution in [2.45, 2.75) is 19.4 Å². The van der Waals surface area contributed by atoms with Crippen LogP contribution in [0.5, 0.6) is 0 Å². The van der Waals surface area contributed by atoms with Gasteiger partial charge in [0.1, 0.15) is 6.29 Å². The average Bonchev–Trinajstić information content (AvgIpc) is 2.21. The van der Waals surface area contributed by atoms with Crippen molar-refractivity contribution in [1.29, 1.82) is 0 Å². The number of hydrogen-bond donors (Lipinski definition) is 1. The molecule has 0 aliphatic carbocycles. The lowest BCUT2D eigenvalue weighted by molar-refractivity contribution is -0.104. The van der Waals surface area contributed by atoms with Gasteiger partial charge in [-0.1, -0.05) is 49.5 Å². The van der Waals surface area contributed by atoms with Gasteiger partial charge in [-0.25, -0.2) is 0 Å². The third-order valence-electron chi connectivity index (χ3n) is 1.50. The lowest BCUT2D eigenvalue weighted by Crippen LogP contribution is -1.97. The second-order valence-corrected chi connectivity index (χ2v) is 2.65. The molecule has 0 heterocycles. The van der Waals surface area contributed by atoms with Crippen LogP contribution in [0.15, 0.2) is 48.6 Å². The maximum atomic E-state index is 9.87. The molecule has 1 atom stereocenters. The number of rotatable bonds is 6. The second kappa shape index (κ2) is 9.68. The molecule has 0 aromatic rings. The van der Waals surface area contributed by atoms with E-state index in [-0.39, 0.29) is 6.10 Å². The van der Waals surface area contributed by atoms with Crippen molar-refractivity contribution in [3.05, 3.63) is 48.6 Å². The first-order valence-corrected chi connectivity index (χ1v) is 4.61. The summed E-state index contributed by atoms with van der Waals surface area (Å²) in [6, 6.07) is 0. The molecule has 0 spiro atoms. The first-order valence-electron chi connectivity index (χ1n) is 4.61. The number of aldehydes is 1. The molecule has 0 aliphatic rings. The van der Waals surface area contributed by atoms with E-state index in [2.05, 4.69) is 0 Å². The highest BCUT2D eigenvalue weighted by Crippen LogP contribution is 1.91. The standard InChI is InChI=1S/C12H16O2/c1-2-12(14)10-8-6-4-3-5-7-9-11-13/h3-12,14H,2H2,1H3/b5-3-,6-4-,9-7-,10-8-. The fourth-order valence-electron chi connectivity index (χ4n) is 0.695. The number of aliphatic hydroxyl groups is 1. The summed E-state index contributed by atoms with van der Waals surface area (Å²) in [5.41, 5.74) is 0. The van der Waals surface area contributed by atoms with Crippen LogP contribution in [0, 0.1) is 0 Å². The maximum absolute atomic E-state index is 9.87. The minimum Gasteiger partial charge on any atom is -0.389 e. The van der Waals surface area contributed by atoms with Gasteiger partial charge in [0.2, 0.25) is 0 Å². The second-order valence-electron chi connectivity index (χ2n) is 2.65. The van der Waals surface area contributed by atoms with Crippen molar-refractivity contribution in [2.75, 3.05) is 0 Å². The lowest BCUT2D eigenvalue weighted by Gasteiger charge is -1.95. The Morgan fingerprint density at radius 3 is 2.00 bits per heavy atom.